The van der Waals surface area contributed by atoms with Crippen LogP contribution in [0.5, 0.6) is 5.75 Å². The van der Waals surface area contributed by atoms with Crippen LogP contribution in [-0.2, 0) is 6.54 Å². The van der Waals surface area contributed by atoms with Crippen molar-refractivity contribution in [1.82, 2.24) is 4.57 Å². The van der Waals surface area contributed by atoms with Crippen molar-refractivity contribution in [2.75, 3.05) is 7.11 Å². The largest absolute Gasteiger partial charge is 0.497 e. The minimum absolute atomic E-state index is 0.299. The normalized spacial score (nSPS) is 11.5. The summed E-state index contributed by atoms with van der Waals surface area (Å²) in [6, 6.07) is 13.0. The lowest BCUT2D eigenvalue weighted by Gasteiger charge is -2.01. The number of methoxy groups -OCH3 is 1. The van der Waals surface area contributed by atoms with Gasteiger partial charge in [0.25, 0.3) is 5.91 Å². The first kappa shape index (κ1) is 16.0. The molecule has 3 aromatic rings. The standard InChI is InChI=1S/C19H16N2O2S/c1-4-11-21-16-10-5-13(2)12-17(16)24-19(21)20-18(22)14-6-8-15(23-3)9-7-14/h1,5-10,12H,11H2,2-3H3. The van der Waals surface area contributed by atoms with Crippen molar-refractivity contribution in [1.29, 1.82) is 0 Å². The molecule has 0 bridgehead atoms. The first-order chi connectivity index (χ1) is 11.6. The van der Waals surface area contributed by atoms with E-state index in [9.17, 15) is 4.79 Å². The van der Waals surface area contributed by atoms with Crippen LogP contribution >= 0.6 is 11.3 Å². The van der Waals surface area contributed by atoms with Gasteiger partial charge in [0.15, 0.2) is 4.80 Å². The molecule has 0 aliphatic heterocycles. The van der Waals surface area contributed by atoms with E-state index in [1.807, 2.05) is 23.6 Å². The van der Waals surface area contributed by atoms with Crippen LogP contribution in [0.3, 0.4) is 0 Å². The Labute approximate surface area is 144 Å². The van der Waals surface area contributed by atoms with Crippen molar-refractivity contribution in [3.8, 4) is 18.1 Å². The summed E-state index contributed by atoms with van der Waals surface area (Å²) in [5, 5.41) is 0. The molecule has 0 fully saturated rings. The number of carbonyl (C=O) groups excluding carboxylic acids is 1. The van der Waals surface area contributed by atoms with Gasteiger partial charge in [-0.3, -0.25) is 4.79 Å². The van der Waals surface area contributed by atoms with Gasteiger partial charge in [-0.15, -0.1) is 6.42 Å². The summed E-state index contributed by atoms with van der Waals surface area (Å²) in [7, 11) is 1.59. The predicted molar refractivity (Wildman–Crippen MR) is 96.3 cm³/mol. The number of aryl methyl sites for hydroxylation is 1. The van der Waals surface area contributed by atoms with Crippen molar-refractivity contribution < 1.29 is 9.53 Å². The maximum Gasteiger partial charge on any atom is 0.279 e. The average molecular weight is 336 g/mol. The molecule has 0 spiro atoms. The second-order valence-corrected chi connectivity index (χ2v) is 6.30. The van der Waals surface area contributed by atoms with E-state index in [2.05, 4.69) is 17.0 Å². The monoisotopic (exact) mass is 336 g/mol. The molecule has 3 rings (SSSR count). The Kier molecular flexibility index (Phi) is 4.50. The van der Waals surface area contributed by atoms with E-state index >= 15 is 0 Å². The predicted octanol–water partition coefficient (Wildman–Crippen LogP) is 3.39. The molecule has 1 amide bonds. The molecule has 4 nitrogen and oxygen atoms in total. The Hall–Kier alpha value is -2.84. The van der Waals surface area contributed by atoms with Crippen LogP contribution in [0.15, 0.2) is 47.5 Å². The molecule has 0 unspecified atom stereocenters. The fourth-order valence-corrected chi connectivity index (χ4v) is 3.52. The van der Waals surface area contributed by atoms with Crippen LogP contribution in [0.1, 0.15) is 15.9 Å². The van der Waals surface area contributed by atoms with Crippen molar-refractivity contribution in [3.63, 3.8) is 0 Å². The second kappa shape index (κ2) is 6.73. The Bertz CT molecular complexity index is 1000. The number of carbonyl (C=O) groups is 1. The van der Waals surface area contributed by atoms with Gasteiger partial charge in [-0.1, -0.05) is 23.3 Å². The van der Waals surface area contributed by atoms with Crippen LogP contribution in [0.25, 0.3) is 10.2 Å². The maximum absolute atomic E-state index is 12.4. The summed E-state index contributed by atoms with van der Waals surface area (Å²) in [6.45, 7) is 2.40. The number of terminal acetylenes is 1. The number of nitrogens with zero attached hydrogens (tertiary/aromatic N) is 2. The summed E-state index contributed by atoms with van der Waals surface area (Å²) in [5.74, 6) is 3.03. The van der Waals surface area contributed by atoms with Crippen molar-refractivity contribution in [3.05, 3.63) is 58.4 Å². The van der Waals surface area contributed by atoms with E-state index in [0.717, 1.165) is 15.8 Å². The Morgan fingerprint density at radius 1 is 1.29 bits per heavy atom. The molecule has 0 atom stereocenters. The molecular formula is C19H16N2O2S. The lowest BCUT2D eigenvalue weighted by Crippen LogP contribution is -2.16. The molecule has 0 N–H and O–H groups in total. The molecule has 0 saturated carbocycles. The minimum atomic E-state index is -0.299. The lowest BCUT2D eigenvalue weighted by molar-refractivity contribution is 0.0998. The molecule has 1 heterocycles. The average Bonchev–Trinajstić information content (AvgIpc) is 2.91. The van der Waals surface area contributed by atoms with Crippen LogP contribution in [-0.4, -0.2) is 17.6 Å². The highest BCUT2D eigenvalue weighted by Crippen LogP contribution is 2.19. The smallest absolute Gasteiger partial charge is 0.279 e. The van der Waals surface area contributed by atoms with E-state index in [-0.39, 0.29) is 5.91 Å². The second-order valence-electron chi connectivity index (χ2n) is 5.29. The molecule has 2 aromatic carbocycles. The third-order valence-electron chi connectivity index (χ3n) is 3.62. The molecule has 1 aromatic heterocycles. The zero-order chi connectivity index (χ0) is 17.1. The third kappa shape index (κ3) is 3.10. The van der Waals surface area contributed by atoms with Crippen LogP contribution in [0, 0.1) is 19.3 Å². The Morgan fingerprint density at radius 3 is 2.71 bits per heavy atom. The SMILES string of the molecule is C#CCn1c(=NC(=O)c2ccc(OC)cc2)sc2cc(C)ccc21. The van der Waals surface area contributed by atoms with Gasteiger partial charge in [-0.2, -0.15) is 4.99 Å². The van der Waals surface area contributed by atoms with Gasteiger partial charge in [0.05, 0.1) is 23.9 Å². The van der Waals surface area contributed by atoms with Gasteiger partial charge in [-0.25, -0.2) is 0 Å². The number of fused-ring (bicyclic) bond motifs is 1. The van der Waals surface area contributed by atoms with E-state index in [4.69, 9.17) is 11.2 Å². The maximum atomic E-state index is 12.4. The van der Waals surface area contributed by atoms with E-state index < -0.39 is 0 Å². The number of ether oxygens (including phenoxy) is 1. The highest BCUT2D eigenvalue weighted by molar-refractivity contribution is 7.16. The molecule has 0 aliphatic rings. The first-order valence-corrected chi connectivity index (χ1v) is 8.20. The van der Waals surface area contributed by atoms with E-state index in [1.54, 1.807) is 31.4 Å². The lowest BCUT2D eigenvalue weighted by atomic mass is 10.2. The van der Waals surface area contributed by atoms with Crippen LogP contribution < -0.4 is 9.54 Å². The third-order valence-corrected chi connectivity index (χ3v) is 4.66. The number of benzene rings is 2. The van der Waals surface area contributed by atoms with Crippen molar-refractivity contribution >= 4 is 27.5 Å². The van der Waals surface area contributed by atoms with E-state index in [1.165, 1.54) is 11.3 Å². The molecule has 5 heteroatoms. The van der Waals surface area contributed by atoms with Gasteiger partial charge in [0.2, 0.25) is 0 Å². The summed E-state index contributed by atoms with van der Waals surface area (Å²) in [6.07, 6.45) is 5.48. The van der Waals surface area contributed by atoms with Gasteiger partial charge in [0.1, 0.15) is 5.75 Å². The quantitative estimate of drug-likeness (QED) is 0.688. The summed E-state index contributed by atoms with van der Waals surface area (Å²) < 4.78 is 8.05. The highest BCUT2D eigenvalue weighted by atomic mass is 32.1. The number of thiazole rings is 1. The van der Waals surface area contributed by atoms with Gasteiger partial charge < -0.3 is 9.30 Å². The van der Waals surface area contributed by atoms with Gasteiger partial charge in [0, 0.05) is 5.56 Å². The van der Waals surface area contributed by atoms with Gasteiger partial charge in [-0.05, 0) is 48.9 Å². The number of aromatic nitrogens is 1. The number of amides is 1. The van der Waals surface area contributed by atoms with Gasteiger partial charge >= 0.3 is 0 Å². The van der Waals surface area contributed by atoms with Crippen molar-refractivity contribution in [2.45, 2.75) is 13.5 Å². The Balaban J connectivity index is 2.09. The zero-order valence-corrected chi connectivity index (χ0v) is 14.3. The Morgan fingerprint density at radius 2 is 2.04 bits per heavy atom. The molecule has 0 aliphatic carbocycles. The molecule has 0 radical (unpaired) electrons. The highest BCUT2D eigenvalue weighted by Gasteiger charge is 2.09. The summed E-state index contributed by atoms with van der Waals surface area (Å²) >= 11 is 1.46. The van der Waals surface area contributed by atoms with E-state index in [0.29, 0.717) is 22.7 Å². The summed E-state index contributed by atoms with van der Waals surface area (Å²) in [4.78, 5) is 17.3. The fraction of sp³-hybridized carbons (Fsp3) is 0.158. The summed E-state index contributed by atoms with van der Waals surface area (Å²) in [5.41, 5.74) is 2.66. The molecule has 120 valence electrons. The molecule has 24 heavy (non-hydrogen) atoms. The molecule has 0 saturated heterocycles. The van der Waals surface area contributed by atoms with Crippen LogP contribution in [0.2, 0.25) is 0 Å². The minimum Gasteiger partial charge on any atom is -0.497 e. The number of rotatable bonds is 3. The van der Waals surface area contributed by atoms with Crippen molar-refractivity contribution in [2.24, 2.45) is 4.99 Å². The van der Waals surface area contributed by atoms with Crippen LogP contribution in [0.4, 0.5) is 0 Å². The zero-order valence-electron chi connectivity index (χ0n) is 13.4. The topological polar surface area (TPSA) is 43.6 Å². The number of hydrogen-bond acceptors (Lipinski definition) is 3. The first-order valence-electron chi connectivity index (χ1n) is 7.39. The number of hydrogen-bond donors (Lipinski definition) is 0. The fourth-order valence-electron chi connectivity index (χ4n) is 2.39. The molecular weight excluding hydrogens is 320 g/mol.